The lowest BCUT2D eigenvalue weighted by atomic mass is 10.4. The Labute approximate surface area is 111 Å². The van der Waals surface area contributed by atoms with Crippen molar-refractivity contribution in [3.63, 3.8) is 0 Å². The van der Waals surface area contributed by atoms with Gasteiger partial charge in [0.1, 0.15) is 18.2 Å². The Hall–Kier alpha value is -2.19. The maximum absolute atomic E-state index is 5.39. The molecule has 19 heavy (non-hydrogen) atoms. The highest BCUT2D eigenvalue weighted by Crippen LogP contribution is 2.19. The lowest BCUT2D eigenvalue weighted by Crippen LogP contribution is -2.11. The van der Waals surface area contributed by atoms with Gasteiger partial charge in [-0.2, -0.15) is 5.10 Å². The summed E-state index contributed by atoms with van der Waals surface area (Å²) >= 11 is 0. The second-order valence-electron chi connectivity index (χ2n) is 4.06. The van der Waals surface area contributed by atoms with Crippen LogP contribution in [0.4, 0.5) is 17.3 Å². The van der Waals surface area contributed by atoms with Crippen molar-refractivity contribution in [2.45, 2.75) is 13.5 Å². The number of nitrogens with two attached hydrogens (primary N) is 1. The Morgan fingerprint density at radius 1 is 1.37 bits per heavy atom. The first kappa shape index (κ1) is 13.2. The van der Waals surface area contributed by atoms with E-state index < -0.39 is 0 Å². The number of methoxy groups -OCH3 is 1. The van der Waals surface area contributed by atoms with Gasteiger partial charge in [-0.15, -0.1) is 0 Å². The third-order valence-electron chi connectivity index (χ3n) is 2.47. The molecule has 2 heterocycles. The molecule has 2 aromatic heterocycles. The van der Waals surface area contributed by atoms with Crippen molar-refractivity contribution in [3.8, 4) is 0 Å². The molecule has 0 bridgehead atoms. The number of hydrogen-bond acceptors (Lipinski definition) is 7. The van der Waals surface area contributed by atoms with Crippen LogP contribution >= 0.6 is 0 Å². The summed E-state index contributed by atoms with van der Waals surface area (Å²) < 4.78 is 6.76. The largest absolute Gasteiger partial charge is 0.377 e. The number of aryl methyl sites for hydroxylation is 2. The summed E-state index contributed by atoms with van der Waals surface area (Å²) in [4.78, 5) is 8.51. The zero-order valence-corrected chi connectivity index (χ0v) is 11.1. The quantitative estimate of drug-likeness (QED) is 0.538. The van der Waals surface area contributed by atoms with E-state index in [-0.39, 0.29) is 0 Å². The Kier molecular flexibility index (Phi) is 3.93. The number of rotatable bonds is 5. The second-order valence-corrected chi connectivity index (χ2v) is 4.06. The maximum atomic E-state index is 5.39. The number of ether oxygens (including phenoxy) is 1. The summed E-state index contributed by atoms with van der Waals surface area (Å²) in [5, 5.41) is 7.44. The molecule has 0 fully saturated rings. The molecule has 2 aromatic rings. The molecule has 0 unspecified atom stereocenters. The summed E-state index contributed by atoms with van der Waals surface area (Å²) in [5.74, 6) is 7.08. The van der Waals surface area contributed by atoms with Gasteiger partial charge < -0.3 is 15.5 Å². The van der Waals surface area contributed by atoms with Crippen molar-refractivity contribution in [1.29, 1.82) is 0 Å². The summed E-state index contributed by atoms with van der Waals surface area (Å²) in [6.07, 6.45) is 1.88. The minimum atomic E-state index is 0.316. The minimum Gasteiger partial charge on any atom is -0.377 e. The summed E-state index contributed by atoms with van der Waals surface area (Å²) in [6, 6.07) is 1.71. The number of nitrogens with zero attached hydrogens (tertiary/aromatic N) is 4. The molecule has 8 nitrogen and oxygen atoms in total. The molecule has 0 aromatic carbocycles. The first-order valence-electron chi connectivity index (χ1n) is 5.73. The Balaban J connectivity index is 2.28. The molecule has 0 radical (unpaired) electrons. The van der Waals surface area contributed by atoms with Crippen LogP contribution in [0.25, 0.3) is 0 Å². The van der Waals surface area contributed by atoms with Crippen molar-refractivity contribution in [2.24, 2.45) is 12.9 Å². The molecule has 0 atom stereocenters. The number of aromatic nitrogens is 4. The van der Waals surface area contributed by atoms with Gasteiger partial charge in [0.05, 0.1) is 11.4 Å². The fraction of sp³-hybridized carbons (Fsp3) is 0.364. The van der Waals surface area contributed by atoms with Gasteiger partial charge >= 0.3 is 0 Å². The van der Waals surface area contributed by atoms with E-state index in [1.807, 2.05) is 20.2 Å². The number of hydrazine groups is 1. The highest BCUT2D eigenvalue weighted by atomic mass is 16.5. The van der Waals surface area contributed by atoms with E-state index in [9.17, 15) is 0 Å². The van der Waals surface area contributed by atoms with Crippen molar-refractivity contribution >= 4 is 17.3 Å². The van der Waals surface area contributed by atoms with Gasteiger partial charge in [0, 0.05) is 26.4 Å². The Morgan fingerprint density at radius 2 is 2.11 bits per heavy atom. The molecule has 0 aliphatic heterocycles. The van der Waals surface area contributed by atoms with Crippen LogP contribution in [0.3, 0.4) is 0 Å². The Morgan fingerprint density at radius 3 is 2.68 bits per heavy atom. The SMILES string of the molecule is COCc1nc(NN)cc(Nc2cn(C)nc2C)n1. The molecule has 102 valence electrons. The van der Waals surface area contributed by atoms with Crippen LogP contribution in [0.15, 0.2) is 12.3 Å². The molecule has 0 amide bonds. The third-order valence-corrected chi connectivity index (χ3v) is 2.47. The number of hydrogen-bond donors (Lipinski definition) is 3. The van der Waals surface area contributed by atoms with Crippen molar-refractivity contribution in [3.05, 3.63) is 23.8 Å². The molecular weight excluding hydrogens is 246 g/mol. The molecule has 2 rings (SSSR count). The number of anilines is 3. The highest BCUT2D eigenvalue weighted by molar-refractivity contribution is 5.60. The molecule has 0 spiro atoms. The average Bonchev–Trinajstić information content (AvgIpc) is 2.68. The average molecular weight is 263 g/mol. The van der Waals surface area contributed by atoms with Crippen LogP contribution in [-0.2, 0) is 18.4 Å². The van der Waals surface area contributed by atoms with Crippen LogP contribution in [-0.4, -0.2) is 26.9 Å². The molecule has 0 aliphatic carbocycles. The summed E-state index contributed by atoms with van der Waals surface area (Å²) in [6.45, 7) is 2.23. The van der Waals surface area contributed by atoms with E-state index in [1.54, 1.807) is 17.9 Å². The van der Waals surface area contributed by atoms with Gasteiger partial charge in [-0.05, 0) is 6.92 Å². The summed E-state index contributed by atoms with van der Waals surface area (Å²) in [5.41, 5.74) is 4.27. The topological polar surface area (TPSA) is 103 Å². The highest BCUT2D eigenvalue weighted by Gasteiger charge is 2.07. The second kappa shape index (κ2) is 5.63. The van der Waals surface area contributed by atoms with Crippen LogP contribution in [0.1, 0.15) is 11.5 Å². The van der Waals surface area contributed by atoms with E-state index in [0.717, 1.165) is 11.4 Å². The number of nitrogen functional groups attached to an aromatic ring is 1. The first-order valence-corrected chi connectivity index (χ1v) is 5.73. The van der Waals surface area contributed by atoms with Gasteiger partial charge in [0.15, 0.2) is 5.82 Å². The smallest absolute Gasteiger partial charge is 0.158 e. The first-order chi connectivity index (χ1) is 9.12. The fourth-order valence-corrected chi connectivity index (χ4v) is 1.69. The van der Waals surface area contributed by atoms with Crippen LogP contribution in [0.2, 0.25) is 0 Å². The van der Waals surface area contributed by atoms with Crippen molar-refractivity contribution < 1.29 is 4.74 Å². The molecule has 0 aliphatic rings. The van der Waals surface area contributed by atoms with E-state index in [2.05, 4.69) is 25.8 Å². The van der Waals surface area contributed by atoms with Gasteiger partial charge in [-0.3, -0.25) is 4.68 Å². The zero-order valence-electron chi connectivity index (χ0n) is 11.1. The fourth-order valence-electron chi connectivity index (χ4n) is 1.69. The molecule has 0 saturated carbocycles. The van der Waals surface area contributed by atoms with Gasteiger partial charge in [0.2, 0.25) is 0 Å². The molecule has 4 N–H and O–H groups in total. The maximum Gasteiger partial charge on any atom is 0.158 e. The van der Waals surface area contributed by atoms with Crippen molar-refractivity contribution in [1.82, 2.24) is 19.7 Å². The van der Waals surface area contributed by atoms with Gasteiger partial charge in [-0.1, -0.05) is 0 Å². The van der Waals surface area contributed by atoms with E-state index in [1.165, 1.54) is 0 Å². The minimum absolute atomic E-state index is 0.316. The molecular formula is C11H17N7O. The molecule has 0 saturated heterocycles. The van der Waals surface area contributed by atoms with E-state index in [4.69, 9.17) is 10.6 Å². The normalized spacial score (nSPS) is 10.5. The molecule has 8 heteroatoms. The van der Waals surface area contributed by atoms with Crippen LogP contribution < -0.4 is 16.6 Å². The van der Waals surface area contributed by atoms with Crippen LogP contribution in [0, 0.1) is 6.92 Å². The monoisotopic (exact) mass is 263 g/mol. The van der Waals surface area contributed by atoms with Gasteiger partial charge in [-0.25, -0.2) is 15.8 Å². The third kappa shape index (κ3) is 3.18. The lowest BCUT2D eigenvalue weighted by Gasteiger charge is -2.08. The van der Waals surface area contributed by atoms with Gasteiger partial charge in [0.25, 0.3) is 0 Å². The number of nitrogens with one attached hydrogen (secondary N) is 2. The summed E-state index contributed by atoms with van der Waals surface area (Å²) in [7, 11) is 3.45. The zero-order chi connectivity index (χ0) is 13.8. The predicted octanol–water partition coefficient (Wildman–Crippen LogP) is 0.694. The van der Waals surface area contributed by atoms with Crippen LogP contribution in [0.5, 0.6) is 0 Å². The lowest BCUT2D eigenvalue weighted by molar-refractivity contribution is 0.178. The van der Waals surface area contributed by atoms with Crippen molar-refractivity contribution in [2.75, 3.05) is 17.9 Å². The predicted molar refractivity (Wildman–Crippen MR) is 71.8 cm³/mol. The Bertz CT molecular complexity index is 566. The van der Waals surface area contributed by atoms with E-state index in [0.29, 0.717) is 24.1 Å². The standard InChI is InChI=1S/C11H17N7O/c1-7-8(5-18(2)17-7)13-9-4-10(16-12)15-11(14-9)6-19-3/h4-5H,6,12H2,1-3H3,(H2,13,14,15,16). The van der Waals surface area contributed by atoms with E-state index >= 15 is 0 Å².